The van der Waals surface area contributed by atoms with Crippen molar-refractivity contribution in [3.8, 4) is 5.75 Å². The third-order valence-corrected chi connectivity index (χ3v) is 2.93. The van der Waals surface area contributed by atoms with Crippen LogP contribution in [-0.4, -0.2) is 12.1 Å². The Kier molecular flexibility index (Phi) is 4.43. The van der Waals surface area contributed by atoms with Gasteiger partial charge in [-0.2, -0.15) is 0 Å². The SMILES string of the molecule is COc1cccc(C(Cc2ccccn2)NN)c1F. The standard InChI is InChI=1S/C14H16FN3O/c1-19-13-7-4-6-11(14(13)15)12(18-16)9-10-5-2-3-8-17-10/h2-8,12,18H,9,16H2,1H3. The van der Waals surface area contributed by atoms with Gasteiger partial charge in [0.05, 0.1) is 13.2 Å². The number of rotatable bonds is 5. The van der Waals surface area contributed by atoms with E-state index in [1.165, 1.54) is 7.11 Å². The molecule has 1 aromatic heterocycles. The van der Waals surface area contributed by atoms with Crippen LogP contribution >= 0.6 is 0 Å². The summed E-state index contributed by atoms with van der Waals surface area (Å²) >= 11 is 0. The van der Waals surface area contributed by atoms with Crippen LogP contribution in [0.2, 0.25) is 0 Å². The number of halogens is 1. The third-order valence-electron chi connectivity index (χ3n) is 2.93. The molecule has 100 valence electrons. The Bertz CT molecular complexity index is 533. The summed E-state index contributed by atoms with van der Waals surface area (Å²) in [6, 6.07) is 10.2. The predicted octanol–water partition coefficient (Wildman–Crippen LogP) is 1.98. The van der Waals surface area contributed by atoms with E-state index in [1.807, 2.05) is 18.2 Å². The maximum atomic E-state index is 14.2. The van der Waals surface area contributed by atoms with Crippen LogP contribution in [-0.2, 0) is 6.42 Å². The largest absolute Gasteiger partial charge is 0.494 e. The van der Waals surface area contributed by atoms with Crippen LogP contribution in [0.1, 0.15) is 17.3 Å². The summed E-state index contributed by atoms with van der Waals surface area (Å²) in [7, 11) is 1.44. The summed E-state index contributed by atoms with van der Waals surface area (Å²) in [5.41, 5.74) is 3.93. The van der Waals surface area contributed by atoms with Gasteiger partial charge < -0.3 is 4.74 Å². The van der Waals surface area contributed by atoms with Gasteiger partial charge in [-0.1, -0.05) is 18.2 Å². The molecule has 3 N–H and O–H groups in total. The first-order valence-electron chi connectivity index (χ1n) is 5.94. The highest BCUT2D eigenvalue weighted by Gasteiger charge is 2.18. The van der Waals surface area contributed by atoms with Gasteiger partial charge in [0.1, 0.15) is 0 Å². The van der Waals surface area contributed by atoms with E-state index in [1.54, 1.807) is 24.4 Å². The molecule has 0 bridgehead atoms. The van der Waals surface area contributed by atoms with Crippen LogP contribution in [0.15, 0.2) is 42.6 Å². The maximum absolute atomic E-state index is 14.2. The highest BCUT2D eigenvalue weighted by atomic mass is 19.1. The zero-order valence-corrected chi connectivity index (χ0v) is 10.6. The van der Waals surface area contributed by atoms with Crippen LogP contribution in [0.5, 0.6) is 5.75 Å². The second kappa shape index (κ2) is 6.26. The minimum absolute atomic E-state index is 0.207. The number of nitrogens with zero attached hydrogens (tertiary/aromatic N) is 1. The van der Waals surface area contributed by atoms with E-state index in [2.05, 4.69) is 10.4 Å². The van der Waals surface area contributed by atoms with Crippen molar-refractivity contribution in [2.24, 2.45) is 5.84 Å². The van der Waals surface area contributed by atoms with Gasteiger partial charge in [-0.25, -0.2) is 4.39 Å². The molecule has 0 saturated carbocycles. The van der Waals surface area contributed by atoms with Crippen molar-refractivity contribution in [1.82, 2.24) is 10.4 Å². The van der Waals surface area contributed by atoms with Gasteiger partial charge in [-0.3, -0.25) is 16.3 Å². The predicted molar refractivity (Wildman–Crippen MR) is 71.0 cm³/mol. The molecule has 0 spiro atoms. The average molecular weight is 261 g/mol. The molecular weight excluding hydrogens is 245 g/mol. The number of benzene rings is 1. The van der Waals surface area contributed by atoms with Crippen molar-refractivity contribution in [2.75, 3.05) is 7.11 Å². The Morgan fingerprint density at radius 2 is 2.16 bits per heavy atom. The monoisotopic (exact) mass is 261 g/mol. The van der Waals surface area contributed by atoms with Crippen molar-refractivity contribution < 1.29 is 9.13 Å². The van der Waals surface area contributed by atoms with Gasteiger partial charge >= 0.3 is 0 Å². The first-order chi connectivity index (χ1) is 9.26. The first-order valence-corrected chi connectivity index (χ1v) is 5.94. The number of nitrogens with one attached hydrogen (secondary N) is 1. The zero-order chi connectivity index (χ0) is 13.7. The molecule has 0 aliphatic rings. The fourth-order valence-corrected chi connectivity index (χ4v) is 1.94. The number of nitrogens with two attached hydrogens (primary N) is 1. The smallest absolute Gasteiger partial charge is 0.169 e. The molecular formula is C14H16FN3O. The molecule has 1 unspecified atom stereocenters. The van der Waals surface area contributed by atoms with Crippen LogP contribution in [0, 0.1) is 5.82 Å². The zero-order valence-electron chi connectivity index (χ0n) is 10.6. The molecule has 0 saturated heterocycles. The molecule has 0 aliphatic carbocycles. The Labute approximate surface area is 111 Å². The lowest BCUT2D eigenvalue weighted by atomic mass is 10.0. The average Bonchev–Trinajstić information content (AvgIpc) is 2.46. The lowest BCUT2D eigenvalue weighted by molar-refractivity contribution is 0.379. The van der Waals surface area contributed by atoms with Gasteiger partial charge in [0.15, 0.2) is 11.6 Å². The second-order valence-electron chi connectivity index (χ2n) is 4.11. The van der Waals surface area contributed by atoms with Crippen molar-refractivity contribution >= 4 is 0 Å². The van der Waals surface area contributed by atoms with E-state index in [0.717, 1.165) is 5.69 Å². The molecule has 1 heterocycles. The normalized spacial score (nSPS) is 12.2. The van der Waals surface area contributed by atoms with E-state index >= 15 is 0 Å². The molecule has 1 aromatic carbocycles. The quantitative estimate of drug-likeness (QED) is 0.638. The third kappa shape index (κ3) is 3.07. The fourth-order valence-electron chi connectivity index (χ4n) is 1.94. The molecule has 0 fully saturated rings. The molecule has 1 atom stereocenters. The molecule has 0 radical (unpaired) electrons. The fraction of sp³-hybridized carbons (Fsp3) is 0.214. The van der Waals surface area contributed by atoms with Gasteiger partial charge in [-0.15, -0.1) is 0 Å². The molecule has 4 nitrogen and oxygen atoms in total. The van der Waals surface area contributed by atoms with E-state index < -0.39 is 5.82 Å². The number of hydrogen-bond donors (Lipinski definition) is 2. The highest BCUT2D eigenvalue weighted by molar-refractivity contribution is 5.33. The van der Waals surface area contributed by atoms with Gasteiger partial charge in [0.2, 0.25) is 0 Å². The molecule has 2 aromatic rings. The lowest BCUT2D eigenvalue weighted by Gasteiger charge is -2.17. The summed E-state index contributed by atoms with van der Waals surface area (Å²) in [4.78, 5) is 4.21. The van der Waals surface area contributed by atoms with E-state index in [4.69, 9.17) is 10.6 Å². The Morgan fingerprint density at radius 3 is 2.79 bits per heavy atom. The van der Waals surface area contributed by atoms with Gasteiger partial charge in [-0.05, 0) is 18.2 Å². The van der Waals surface area contributed by atoms with Crippen molar-refractivity contribution in [1.29, 1.82) is 0 Å². The number of methoxy groups -OCH3 is 1. The number of ether oxygens (including phenoxy) is 1. The van der Waals surface area contributed by atoms with Gasteiger partial charge in [0.25, 0.3) is 0 Å². The van der Waals surface area contributed by atoms with E-state index in [0.29, 0.717) is 12.0 Å². The number of hydrogen-bond acceptors (Lipinski definition) is 4. The molecule has 0 aliphatic heterocycles. The summed E-state index contributed by atoms with van der Waals surface area (Å²) in [5.74, 6) is 5.34. The topological polar surface area (TPSA) is 60.2 Å². The second-order valence-corrected chi connectivity index (χ2v) is 4.11. The summed E-state index contributed by atoms with van der Waals surface area (Å²) in [5, 5.41) is 0. The minimum atomic E-state index is -0.399. The molecule has 0 amide bonds. The minimum Gasteiger partial charge on any atom is -0.494 e. The maximum Gasteiger partial charge on any atom is 0.169 e. The lowest BCUT2D eigenvalue weighted by Crippen LogP contribution is -2.30. The molecule has 19 heavy (non-hydrogen) atoms. The number of pyridine rings is 1. The Morgan fingerprint density at radius 1 is 1.32 bits per heavy atom. The molecule has 2 rings (SSSR count). The van der Waals surface area contributed by atoms with E-state index in [-0.39, 0.29) is 11.8 Å². The highest BCUT2D eigenvalue weighted by Crippen LogP contribution is 2.26. The number of hydrazine groups is 1. The summed E-state index contributed by atoms with van der Waals surface area (Å²) < 4.78 is 19.1. The van der Waals surface area contributed by atoms with Crippen molar-refractivity contribution in [3.63, 3.8) is 0 Å². The van der Waals surface area contributed by atoms with Crippen molar-refractivity contribution in [2.45, 2.75) is 12.5 Å². The van der Waals surface area contributed by atoms with Crippen LogP contribution in [0.25, 0.3) is 0 Å². The number of aromatic nitrogens is 1. The Hall–Kier alpha value is -1.98. The Balaban J connectivity index is 2.27. The van der Waals surface area contributed by atoms with E-state index in [9.17, 15) is 4.39 Å². The first kappa shape index (κ1) is 13.5. The van der Waals surface area contributed by atoms with Crippen LogP contribution in [0.4, 0.5) is 4.39 Å². The molecule has 5 heteroatoms. The van der Waals surface area contributed by atoms with Gasteiger partial charge in [0, 0.05) is 23.9 Å². The summed E-state index contributed by atoms with van der Waals surface area (Å²) in [6.45, 7) is 0. The van der Waals surface area contributed by atoms with Crippen molar-refractivity contribution in [3.05, 3.63) is 59.7 Å². The summed E-state index contributed by atoms with van der Waals surface area (Å²) in [6.07, 6.45) is 2.20. The van der Waals surface area contributed by atoms with Crippen LogP contribution in [0.3, 0.4) is 0 Å². The van der Waals surface area contributed by atoms with Crippen LogP contribution < -0.4 is 16.0 Å².